The van der Waals surface area contributed by atoms with E-state index in [4.69, 9.17) is 0 Å². The van der Waals surface area contributed by atoms with Gasteiger partial charge in [0.1, 0.15) is 5.75 Å². The third-order valence-electron chi connectivity index (χ3n) is 1.91. The zero-order valence-electron chi connectivity index (χ0n) is 9.47. The zero-order valence-corrected chi connectivity index (χ0v) is 11.1. The van der Waals surface area contributed by atoms with Crippen LogP contribution < -0.4 is 10.1 Å². The van der Waals surface area contributed by atoms with Gasteiger partial charge in [0.15, 0.2) is 6.61 Å². The first kappa shape index (κ1) is 14.8. The molecule has 0 radical (unpaired) electrons. The molecular formula is C11H11BrF3NO2. The summed E-state index contributed by atoms with van der Waals surface area (Å²) in [5, 5.41) is 2.51. The maximum absolute atomic E-state index is 12.1. The first-order chi connectivity index (χ1) is 8.33. The smallest absolute Gasteiger partial charge is 0.422 e. The fourth-order valence-electron chi connectivity index (χ4n) is 1.22. The third kappa shape index (κ3) is 4.56. The van der Waals surface area contributed by atoms with Gasteiger partial charge in [-0.2, -0.15) is 13.2 Å². The Morgan fingerprint density at radius 1 is 1.44 bits per heavy atom. The molecule has 0 aromatic heterocycles. The Hall–Kier alpha value is -1.24. The molecule has 0 spiro atoms. The Morgan fingerprint density at radius 2 is 2.11 bits per heavy atom. The number of carbonyl (C=O) groups is 1. The predicted molar refractivity (Wildman–Crippen MR) is 63.7 cm³/mol. The van der Waals surface area contributed by atoms with Crippen LogP contribution in [-0.2, 0) is 0 Å². The lowest BCUT2D eigenvalue weighted by atomic mass is 10.2. The number of rotatable bonds is 4. The van der Waals surface area contributed by atoms with Crippen LogP contribution >= 0.6 is 15.9 Å². The average molecular weight is 326 g/mol. The fraction of sp³-hybridized carbons (Fsp3) is 0.364. The van der Waals surface area contributed by atoms with Crippen LogP contribution in [0.1, 0.15) is 17.3 Å². The van der Waals surface area contributed by atoms with Gasteiger partial charge in [-0.15, -0.1) is 0 Å². The van der Waals surface area contributed by atoms with Crippen molar-refractivity contribution in [1.29, 1.82) is 0 Å². The van der Waals surface area contributed by atoms with E-state index in [2.05, 4.69) is 26.0 Å². The van der Waals surface area contributed by atoms with E-state index in [1.807, 2.05) is 0 Å². The summed E-state index contributed by atoms with van der Waals surface area (Å²) < 4.78 is 41.4. The van der Waals surface area contributed by atoms with Gasteiger partial charge in [-0.25, -0.2) is 0 Å². The number of alkyl halides is 3. The molecule has 1 aromatic carbocycles. The highest BCUT2D eigenvalue weighted by atomic mass is 79.9. The van der Waals surface area contributed by atoms with Gasteiger partial charge in [0, 0.05) is 11.0 Å². The van der Waals surface area contributed by atoms with Crippen molar-refractivity contribution >= 4 is 21.8 Å². The number of carbonyl (C=O) groups excluding carboxylic acids is 1. The number of ether oxygens (including phenoxy) is 1. The molecule has 1 amide bonds. The van der Waals surface area contributed by atoms with Gasteiger partial charge in [0.05, 0.1) is 5.56 Å². The maximum atomic E-state index is 12.1. The minimum Gasteiger partial charge on any atom is -0.483 e. The summed E-state index contributed by atoms with van der Waals surface area (Å²) in [6, 6.07) is 4.24. The van der Waals surface area contributed by atoms with E-state index in [1.54, 1.807) is 6.92 Å². The molecule has 100 valence electrons. The highest BCUT2D eigenvalue weighted by Gasteiger charge is 2.29. The molecule has 0 aliphatic heterocycles. The van der Waals surface area contributed by atoms with E-state index in [0.717, 1.165) is 0 Å². The molecule has 0 unspecified atom stereocenters. The largest absolute Gasteiger partial charge is 0.483 e. The van der Waals surface area contributed by atoms with Crippen molar-refractivity contribution in [3.05, 3.63) is 28.2 Å². The monoisotopic (exact) mass is 325 g/mol. The minimum atomic E-state index is -4.44. The second-order valence-corrected chi connectivity index (χ2v) is 4.32. The lowest BCUT2D eigenvalue weighted by Gasteiger charge is -2.13. The molecule has 0 fully saturated rings. The Bertz CT molecular complexity index is 435. The number of halogens is 4. The Morgan fingerprint density at radius 3 is 2.67 bits per heavy atom. The molecule has 0 aliphatic carbocycles. The second kappa shape index (κ2) is 6.08. The lowest BCUT2D eigenvalue weighted by molar-refractivity contribution is -0.153. The second-order valence-electron chi connectivity index (χ2n) is 3.40. The van der Waals surface area contributed by atoms with Crippen LogP contribution in [0.4, 0.5) is 13.2 Å². The van der Waals surface area contributed by atoms with Crippen molar-refractivity contribution in [3.8, 4) is 5.75 Å². The van der Waals surface area contributed by atoms with E-state index in [0.29, 0.717) is 11.0 Å². The molecule has 0 heterocycles. The number of hydrogen-bond acceptors (Lipinski definition) is 2. The lowest BCUT2D eigenvalue weighted by Crippen LogP contribution is -2.25. The topological polar surface area (TPSA) is 38.3 Å². The van der Waals surface area contributed by atoms with Gasteiger partial charge in [-0.05, 0) is 25.1 Å². The molecule has 1 N–H and O–H groups in total. The van der Waals surface area contributed by atoms with Gasteiger partial charge in [0.2, 0.25) is 0 Å². The Labute approximate surface area is 110 Å². The molecule has 3 nitrogen and oxygen atoms in total. The molecular weight excluding hydrogens is 315 g/mol. The number of nitrogens with one attached hydrogen (secondary N) is 1. The van der Waals surface area contributed by atoms with Gasteiger partial charge in [-0.1, -0.05) is 15.9 Å². The zero-order chi connectivity index (χ0) is 13.8. The number of hydrogen-bond donors (Lipinski definition) is 1. The Kier molecular flexibility index (Phi) is 5.01. The first-order valence-corrected chi connectivity index (χ1v) is 5.90. The molecule has 0 saturated carbocycles. The van der Waals surface area contributed by atoms with Gasteiger partial charge in [0.25, 0.3) is 5.91 Å². The van der Waals surface area contributed by atoms with Crippen LogP contribution in [0.5, 0.6) is 5.75 Å². The van der Waals surface area contributed by atoms with Gasteiger partial charge >= 0.3 is 6.18 Å². The van der Waals surface area contributed by atoms with E-state index < -0.39 is 18.7 Å². The van der Waals surface area contributed by atoms with E-state index >= 15 is 0 Å². The van der Waals surface area contributed by atoms with Crippen LogP contribution in [0.2, 0.25) is 0 Å². The molecule has 1 aromatic rings. The van der Waals surface area contributed by atoms with Crippen LogP contribution in [0.15, 0.2) is 22.7 Å². The van der Waals surface area contributed by atoms with Crippen molar-refractivity contribution in [2.45, 2.75) is 13.1 Å². The average Bonchev–Trinajstić information content (AvgIpc) is 2.26. The van der Waals surface area contributed by atoms with Crippen LogP contribution in [0, 0.1) is 0 Å². The van der Waals surface area contributed by atoms with Crippen molar-refractivity contribution in [3.63, 3.8) is 0 Å². The maximum Gasteiger partial charge on any atom is 0.422 e. The van der Waals surface area contributed by atoms with Crippen molar-refractivity contribution in [1.82, 2.24) is 5.32 Å². The van der Waals surface area contributed by atoms with Crippen molar-refractivity contribution in [2.24, 2.45) is 0 Å². The first-order valence-electron chi connectivity index (χ1n) is 5.11. The summed E-state index contributed by atoms with van der Waals surface area (Å²) in [5.41, 5.74) is 0.0653. The summed E-state index contributed by atoms with van der Waals surface area (Å²) >= 11 is 3.15. The van der Waals surface area contributed by atoms with Gasteiger partial charge < -0.3 is 10.1 Å². The fourth-order valence-corrected chi connectivity index (χ4v) is 1.58. The molecule has 0 bridgehead atoms. The number of benzene rings is 1. The summed E-state index contributed by atoms with van der Waals surface area (Å²) in [7, 11) is 0. The molecule has 7 heteroatoms. The normalized spacial score (nSPS) is 11.2. The van der Waals surface area contributed by atoms with Crippen LogP contribution in [-0.4, -0.2) is 25.2 Å². The minimum absolute atomic E-state index is 0.0653. The molecule has 1 rings (SSSR count). The summed E-state index contributed by atoms with van der Waals surface area (Å²) in [6.45, 7) is 0.664. The van der Waals surface area contributed by atoms with E-state index in [9.17, 15) is 18.0 Å². The molecule has 0 atom stereocenters. The SMILES string of the molecule is CCNC(=O)c1cc(Br)ccc1OCC(F)(F)F. The van der Waals surface area contributed by atoms with E-state index in [1.165, 1.54) is 18.2 Å². The van der Waals surface area contributed by atoms with Gasteiger partial charge in [-0.3, -0.25) is 4.79 Å². The van der Waals surface area contributed by atoms with E-state index in [-0.39, 0.29) is 11.3 Å². The van der Waals surface area contributed by atoms with Crippen LogP contribution in [0.25, 0.3) is 0 Å². The Balaban J connectivity index is 2.93. The molecule has 0 aliphatic rings. The number of amides is 1. The highest BCUT2D eigenvalue weighted by Crippen LogP contribution is 2.25. The summed E-state index contributed by atoms with van der Waals surface area (Å²) in [5.74, 6) is -0.572. The predicted octanol–water partition coefficient (Wildman–Crippen LogP) is 3.14. The standard InChI is InChI=1S/C11H11BrF3NO2/c1-2-16-10(17)8-5-7(12)3-4-9(8)18-6-11(13,14)15/h3-5H,2,6H2,1H3,(H,16,17). The summed E-state index contributed by atoms with van der Waals surface area (Å²) in [4.78, 5) is 11.6. The quantitative estimate of drug-likeness (QED) is 0.923. The molecule has 0 saturated heterocycles. The summed E-state index contributed by atoms with van der Waals surface area (Å²) in [6.07, 6.45) is -4.44. The van der Waals surface area contributed by atoms with Crippen LogP contribution in [0.3, 0.4) is 0 Å². The highest BCUT2D eigenvalue weighted by molar-refractivity contribution is 9.10. The third-order valence-corrected chi connectivity index (χ3v) is 2.41. The van der Waals surface area contributed by atoms with Crippen molar-refractivity contribution in [2.75, 3.05) is 13.2 Å². The van der Waals surface area contributed by atoms with Crippen molar-refractivity contribution < 1.29 is 22.7 Å². The molecule has 18 heavy (non-hydrogen) atoms.